The molecule has 2 aromatic carbocycles. The van der Waals surface area contributed by atoms with Crippen molar-refractivity contribution in [3.63, 3.8) is 0 Å². The van der Waals surface area contributed by atoms with Crippen LogP contribution in [0.3, 0.4) is 0 Å². The van der Waals surface area contributed by atoms with Crippen molar-refractivity contribution in [3.05, 3.63) is 92.8 Å². The van der Waals surface area contributed by atoms with Gasteiger partial charge in [-0.15, -0.1) is 0 Å². The molecule has 3 rings (SSSR count). The van der Waals surface area contributed by atoms with Crippen LogP contribution in [0.2, 0.25) is 0 Å². The minimum Gasteiger partial charge on any atom is -0.508 e. The average Bonchev–Trinajstić information content (AvgIpc) is 2.61. The number of phenolic OH excluding ortho intramolecular Hbond substituents is 2. The average molecular weight is 352 g/mol. The smallest absolute Gasteiger partial charge is 0.345 e. The number of aromatic hydroxyl groups is 2. The Hall–Kier alpha value is -3.94. The van der Waals surface area contributed by atoms with Crippen molar-refractivity contribution < 1.29 is 19.8 Å². The third-order valence-electron chi connectivity index (χ3n) is 3.59. The fourth-order valence-electron chi connectivity index (χ4n) is 2.37. The molecule has 0 saturated carbocycles. The Morgan fingerprint density at radius 2 is 1.31 bits per heavy atom. The summed E-state index contributed by atoms with van der Waals surface area (Å²) < 4.78 is 0.895. The molecule has 0 radical (unpaired) electrons. The van der Waals surface area contributed by atoms with Crippen molar-refractivity contribution in [2.45, 2.75) is 0 Å². The highest BCUT2D eigenvalue weighted by Crippen LogP contribution is 2.12. The van der Waals surface area contributed by atoms with E-state index in [1.54, 1.807) is 0 Å². The van der Waals surface area contributed by atoms with Gasteiger partial charge >= 0.3 is 5.69 Å². The van der Waals surface area contributed by atoms with Gasteiger partial charge in [-0.05, 0) is 36.4 Å². The van der Waals surface area contributed by atoms with Gasteiger partial charge in [0.1, 0.15) is 11.5 Å². The van der Waals surface area contributed by atoms with E-state index in [0.29, 0.717) is 9.13 Å². The molecule has 0 amide bonds. The Bertz CT molecular complexity index is 1140. The summed E-state index contributed by atoms with van der Waals surface area (Å²) in [5, 5.41) is 18.9. The van der Waals surface area contributed by atoms with Crippen molar-refractivity contribution in [1.29, 1.82) is 0 Å². The molecular weight excluding hydrogens is 340 g/mol. The normalized spacial score (nSPS) is 10.5. The van der Waals surface area contributed by atoms with E-state index in [9.17, 15) is 29.4 Å². The van der Waals surface area contributed by atoms with Gasteiger partial charge in [-0.2, -0.15) is 4.57 Å². The lowest BCUT2D eigenvalue weighted by Crippen LogP contribution is -2.45. The van der Waals surface area contributed by atoms with E-state index in [1.807, 2.05) is 0 Å². The number of phenols is 2. The predicted molar refractivity (Wildman–Crippen MR) is 90.6 cm³/mol. The minimum atomic E-state index is -1.15. The summed E-state index contributed by atoms with van der Waals surface area (Å²) in [5.41, 5.74) is -2.16. The fraction of sp³-hybridized carbons (Fsp3) is 0. The summed E-state index contributed by atoms with van der Waals surface area (Å²) >= 11 is 0. The van der Waals surface area contributed by atoms with Gasteiger partial charge in [-0.3, -0.25) is 14.4 Å². The molecule has 0 atom stereocenters. The van der Waals surface area contributed by atoms with E-state index < -0.39 is 23.1 Å². The first-order chi connectivity index (χ1) is 12.4. The number of nitrogens with zero attached hydrogens (tertiary/aromatic N) is 2. The summed E-state index contributed by atoms with van der Waals surface area (Å²) in [6.45, 7) is 0. The Balaban J connectivity index is 2.13. The van der Waals surface area contributed by atoms with E-state index in [-0.39, 0.29) is 22.6 Å². The molecule has 2 N–H and O–H groups in total. The van der Waals surface area contributed by atoms with Crippen LogP contribution in [0.15, 0.2) is 70.4 Å². The largest absolute Gasteiger partial charge is 0.508 e. The molecule has 0 unspecified atom stereocenters. The zero-order chi connectivity index (χ0) is 18.8. The molecule has 0 aliphatic carbocycles. The molecule has 26 heavy (non-hydrogen) atoms. The maximum atomic E-state index is 12.5. The van der Waals surface area contributed by atoms with Crippen LogP contribution in [0.5, 0.6) is 11.5 Å². The van der Waals surface area contributed by atoms with Crippen LogP contribution in [-0.4, -0.2) is 31.2 Å². The highest BCUT2D eigenvalue weighted by molar-refractivity contribution is 5.98. The van der Waals surface area contributed by atoms with Crippen LogP contribution >= 0.6 is 0 Å². The Labute approximate surface area is 145 Å². The number of benzene rings is 2. The quantitative estimate of drug-likeness (QED) is 0.704. The van der Waals surface area contributed by atoms with Gasteiger partial charge in [0.15, 0.2) is 0 Å². The molecule has 0 fully saturated rings. The van der Waals surface area contributed by atoms with Gasteiger partial charge in [0.2, 0.25) is 0 Å². The van der Waals surface area contributed by atoms with Crippen LogP contribution in [0.4, 0.5) is 0 Å². The first-order valence-electron chi connectivity index (χ1n) is 7.40. The van der Waals surface area contributed by atoms with Crippen molar-refractivity contribution in [3.8, 4) is 11.5 Å². The molecule has 1 aromatic heterocycles. The Kier molecular flexibility index (Phi) is 4.24. The minimum absolute atomic E-state index is 0.00195. The summed E-state index contributed by atoms with van der Waals surface area (Å²) in [5.74, 6) is -2.18. The predicted octanol–water partition coefficient (Wildman–Crippen LogP) is 0.798. The molecule has 0 spiro atoms. The molecule has 0 saturated heterocycles. The maximum Gasteiger partial charge on any atom is 0.345 e. The number of hydrogen-bond donors (Lipinski definition) is 2. The van der Waals surface area contributed by atoms with Crippen molar-refractivity contribution in [1.82, 2.24) is 9.13 Å². The van der Waals surface area contributed by atoms with Crippen molar-refractivity contribution in [2.75, 3.05) is 0 Å². The molecule has 8 nitrogen and oxygen atoms in total. The van der Waals surface area contributed by atoms with Crippen LogP contribution in [-0.2, 0) is 0 Å². The van der Waals surface area contributed by atoms with E-state index in [1.165, 1.54) is 36.4 Å². The van der Waals surface area contributed by atoms with Crippen LogP contribution in [0.25, 0.3) is 0 Å². The zero-order valence-corrected chi connectivity index (χ0v) is 13.2. The third kappa shape index (κ3) is 3.03. The van der Waals surface area contributed by atoms with Crippen LogP contribution in [0, 0.1) is 0 Å². The highest BCUT2D eigenvalue weighted by Gasteiger charge is 2.19. The van der Waals surface area contributed by atoms with Gasteiger partial charge in [-0.1, -0.05) is 12.1 Å². The van der Waals surface area contributed by atoms with Gasteiger partial charge < -0.3 is 10.2 Å². The SMILES string of the molecule is O=C(c1cccc(O)c1)n1ccc(=O)n(C(=O)c2cccc(O)c2)c1=O. The van der Waals surface area contributed by atoms with Gasteiger partial charge in [0.25, 0.3) is 17.4 Å². The lowest BCUT2D eigenvalue weighted by Gasteiger charge is -2.08. The van der Waals surface area contributed by atoms with Gasteiger partial charge in [0.05, 0.1) is 0 Å². The molecule has 1 heterocycles. The zero-order valence-electron chi connectivity index (χ0n) is 13.2. The second-order valence-electron chi connectivity index (χ2n) is 5.35. The molecule has 0 bridgehead atoms. The van der Waals surface area contributed by atoms with Gasteiger partial charge in [0, 0.05) is 23.4 Å². The fourth-order valence-corrected chi connectivity index (χ4v) is 2.37. The number of carbonyl (C=O) groups is 2. The second-order valence-corrected chi connectivity index (χ2v) is 5.35. The molecular formula is C18H12N2O6. The van der Waals surface area contributed by atoms with E-state index in [4.69, 9.17) is 0 Å². The first kappa shape index (κ1) is 16.9. The standard InChI is InChI=1S/C18H12N2O6/c21-13-5-1-3-11(9-13)16(24)19-8-7-15(23)20(18(19)26)17(25)12-4-2-6-14(22)10-12/h1-10,21-22H. The number of hydrogen-bond acceptors (Lipinski definition) is 6. The Morgan fingerprint density at radius 1 is 0.769 bits per heavy atom. The van der Waals surface area contributed by atoms with Crippen molar-refractivity contribution >= 4 is 11.8 Å². The molecule has 0 aliphatic rings. The maximum absolute atomic E-state index is 12.5. The monoisotopic (exact) mass is 352 g/mol. The molecule has 130 valence electrons. The summed E-state index contributed by atoms with van der Waals surface area (Å²) in [4.78, 5) is 49.5. The Morgan fingerprint density at radius 3 is 1.85 bits per heavy atom. The lowest BCUT2D eigenvalue weighted by atomic mass is 10.2. The molecule has 8 heteroatoms. The van der Waals surface area contributed by atoms with E-state index >= 15 is 0 Å². The summed E-state index contributed by atoms with van der Waals surface area (Å²) in [6.07, 6.45) is 0.962. The first-order valence-corrected chi connectivity index (χ1v) is 7.40. The summed E-state index contributed by atoms with van der Waals surface area (Å²) in [7, 11) is 0. The van der Waals surface area contributed by atoms with Gasteiger partial charge in [-0.25, -0.2) is 9.36 Å². The van der Waals surface area contributed by atoms with Crippen molar-refractivity contribution in [2.24, 2.45) is 0 Å². The summed E-state index contributed by atoms with van der Waals surface area (Å²) in [6, 6.07) is 11.3. The topological polar surface area (TPSA) is 119 Å². The molecule has 0 aliphatic heterocycles. The van der Waals surface area contributed by atoms with Crippen LogP contribution < -0.4 is 11.2 Å². The number of carbonyl (C=O) groups excluding carboxylic acids is 2. The highest BCUT2D eigenvalue weighted by atomic mass is 16.3. The van der Waals surface area contributed by atoms with Crippen LogP contribution in [0.1, 0.15) is 20.7 Å². The van der Waals surface area contributed by atoms with E-state index in [0.717, 1.165) is 24.4 Å². The number of aromatic nitrogens is 2. The lowest BCUT2D eigenvalue weighted by molar-refractivity contribution is 0.0930. The molecule has 3 aromatic rings. The third-order valence-corrected chi connectivity index (χ3v) is 3.59. The second kappa shape index (κ2) is 6.52. The number of rotatable bonds is 2. The van der Waals surface area contributed by atoms with E-state index in [2.05, 4.69) is 0 Å².